The first kappa shape index (κ1) is 14.0. The molecule has 4 heteroatoms. The smallest absolute Gasteiger partial charge is 0.151 e. The van der Waals surface area contributed by atoms with Crippen molar-refractivity contribution in [2.24, 2.45) is 0 Å². The first-order chi connectivity index (χ1) is 10.1. The summed E-state index contributed by atoms with van der Waals surface area (Å²) in [6, 6.07) is 7.21. The standard InChI is InChI=1S/C17H22N4/c1-12-6-13(2)8-16(7-12)21(3)17-11-18-9-15(20-17)10-19-14-4-5-14/h6-9,11,14,19H,4-5,10H2,1-3H3. The van der Waals surface area contributed by atoms with Gasteiger partial charge in [0.25, 0.3) is 0 Å². The molecule has 0 radical (unpaired) electrons. The van der Waals surface area contributed by atoms with E-state index < -0.39 is 0 Å². The van der Waals surface area contributed by atoms with E-state index in [9.17, 15) is 0 Å². The minimum atomic E-state index is 0.688. The Kier molecular flexibility index (Phi) is 3.88. The molecular formula is C17H22N4. The van der Waals surface area contributed by atoms with Gasteiger partial charge in [0.1, 0.15) is 0 Å². The van der Waals surface area contributed by atoms with Gasteiger partial charge in [-0.1, -0.05) is 6.07 Å². The molecule has 0 unspecified atom stereocenters. The summed E-state index contributed by atoms with van der Waals surface area (Å²) < 4.78 is 0. The van der Waals surface area contributed by atoms with E-state index in [0.717, 1.165) is 23.7 Å². The van der Waals surface area contributed by atoms with E-state index in [2.05, 4.69) is 47.2 Å². The van der Waals surface area contributed by atoms with Crippen molar-refractivity contribution >= 4 is 11.5 Å². The molecule has 1 heterocycles. The van der Waals surface area contributed by atoms with Crippen LogP contribution in [0, 0.1) is 13.8 Å². The third-order valence-electron chi connectivity index (χ3n) is 3.76. The fourth-order valence-corrected chi connectivity index (χ4v) is 2.45. The van der Waals surface area contributed by atoms with Crippen molar-refractivity contribution < 1.29 is 0 Å². The average molecular weight is 282 g/mol. The second-order valence-electron chi connectivity index (χ2n) is 5.93. The van der Waals surface area contributed by atoms with Crippen molar-refractivity contribution in [1.29, 1.82) is 0 Å². The summed E-state index contributed by atoms with van der Waals surface area (Å²) in [4.78, 5) is 11.1. The van der Waals surface area contributed by atoms with Crippen molar-refractivity contribution in [3.05, 3.63) is 47.4 Å². The first-order valence-corrected chi connectivity index (χ1v) is 7.48. The molecule has 0 bridgehead atoms. The van der Waals surface area contributed by atoms with Crippen molar-refractivity contribution in [1.82, 2.24) is 15.3 Å². The van der Waals surface area contributed by atoms with Crippen molar-refractivity contribution in [3.8, 4) is 0 Å². The highest BCUT2D eigenvalue weighted by Crippen LogP contribution is 2.24. The molecule has 21 heavy (non-hydrogen) atoms. The lowest BCUT2D eigenvalue weighted by molar-refractivity contribution is 0.671. The third-order valence-corrected chi connectivity index (χ3v) is 3.76. The number of benzene rings is 1. The molecule has 1 aromatic carbocycles. The lowest BCUT2D eigenvalue weighted by Crippen LogP contribution is -2.18. The minimum absolute atomic E-state index is 0.688. The maximum atomic E-state index is 4.71. The van der Waals surface area contributed by atoms with Crippen LogP contribution in [0.1, 0.15) is 29.7 Å². The van der Waals surface area contributed by atoms with Crippen LogP contribution in [0.15, 0.2) is 30.6 Å². The predicted molar refractivity (Wildman–Crippen MR) is 85.9 cm³/mol. The summed E-state index contributed by atoms with van der Waals surface area (Å²) in [5.74, 6) is 0.884. The second kappa shape index (κ2) is 5.82. The van der Waals surface area contributed by atoms with Gasteiger partial charge >= 0.3 is 0 Å². The van der Waals surface area contributed by atoms with Gasteiger partial charge in [0.05, 0.1) is 11.9 Å². The number of aromatic nitrogens is 2. The van der Waals surface area contributed by atoms with Crippen LogP contribution in [0.2, 0.25) is 0 Å². The third kappa shape index (κ3) is 3.58. The molecule has 2 aromatic rings. The van der Waals surface area contributed by atoms with Gasteiger partial charge in [-0.25, -0.2) is 4.98 Å². The monoisotopic (exact) mass is 282 g/mol. The fraction of sp³-hybridized carbons (Fsp3) is 0.412. The first-order valence-electron chi connectivity index (χ1n) is 7.48. The molecule has 1 N–H and O–H groups in total. The Bertz CT molecular complexity index is 614. The summed E-state index contributed by atoms with van der Waals surface area (Å²) in [6.07, 6.45) is 6.23. The summed E-state index contributed by atoms with van der Waals surface area (Å²) >= 11 is 0. The zero-order valence-corrected chi connectivity index (χ0v) is 12.9. The highest BCUT2D eigenvalue weighted by molar-refractivity contribution is 5.60. The number of nitrogens with zero attached hydrogens (tertiary/aromatic N) is 3. The number of aryl methyl sites for hydroxylation is 2. The SMILES string of the molecule is Cc1cc(C)cc(N(C)c2cncc(CNC3CC3)n2)c1. The highest BCUT2D eigenvalue weighted by atomic mass is 15.2. The number of anilines is 2. The Morgan fingerprint density at radius 2 is 1.86 bits per heavy atom. The number of hydrogen-bond donors (Lipinski definition) is 1. The predicted octanol–water partition coefficient (Wildman–Crippen LogP) is 3.11. The Balaban J connectivity index is 1.79. The molecule has 1 saturated carbocycles. The van der Waals surface area contributed by atoms with Crippen LogP contribution < -0.4 is 10.2 Å². The summed E-state index contributed by atoms with van der Waals surface area (Å²) in [7, 11) is 2.04. The van der Waals surface area contributed by atoms with Crippen LogP contribution in [-0.4, -0.2) is 23.1 Å². The van der Waals surface area contributed by atoms with Gasteiger partial charge in [-0.3, -0.25) is 4.98 Å². The zero-order valence-electron chi connectivity index (χ0n) is 12.9. The van der Waals surface area contributed by atoms with Crippen molar-refractivity contribution in [2.45, 2.75) is 39.3 Å². The zero-order chi connectivity index (χ0) is 14.8. The fourth-order valence-electron chi connectivity index (χ4n) is 2.45. The number of hydrogen-bond acceptors (Lipinski definition) is 4. The molecule has 0 amide bonds. The highest BCUT2D eigenvalue weighted by Gasteiger charge is 2.20. The molecule has 1 aliphatic carbocycles. The maximum absolute atomic E-state index is 4.71. The Labute approximate surface area is 126 Å². The van der Waals surface area contributed by atoms with E-state index in [1.165, 1.54) is 24.0 Å². The van der Waals surface area contributed by atoms with Gasteiger partial charge < -0.3 is 10.2 Å². The van der Waals surface area contributed by atoms with Gasteiger partial charge in [0.2, 0.25) is 0 Å². The molecule has 0 atom stereocenters. The van der Waals surface area contributed by atoms with Crippen LogP contribution in [-0.2, 0) is 6.54 Å². The van der Waals surface area contributed by atoms with E-state index in [1.54, 1.807) is 0 Å². The molecule has 0 spiro atoms. The van der Waals surface area contributed by atoms with Crippen molar-refractivity contribution in [2.75, 3.05) is 11.9 Å². The molecule has 3 rings (SSSR count). The quantitative estimate of drug-likeness (QED) is 0.915. The van der Waals surface area contributed by atoms with Crippen LogP contribution in [0.25, 0.3) is 0 Å². The molecule has 1 aromatic heterocycles. The normalized spacial score (nSPS) is 14.2. The van der Waals surface area contributed by atoms with E-state index in [0.29, 0.717) is 6.04 Å². The summed E-state index contributed by atoms with van der Waals surface area (Å²) in [5.41, 5.74) is 4.66. The largest absolute Gasteiger partial charge is 0.328 e. The van der Waals surface area contributed by atoms with E-state index in [-0.39, 0.29) is 0 Å². The Hall–Kier alpha value is -1.94. The van der Waals surface area contributed by atoms with Gasteiger partial charge in [-0.15, -0.1) is 0 Å². The lowest BCUT2D eigenvalue weighted by Gasteiger charge is -2.19. The van der Waals surface area contributed by atoms with Crippen LogP contribution >= 0.6 is 0 Å². The Morgan fingerprint density at radius 1 is 1.14 bits per heavy atom. The molecule has 0 aliphatic heterocycles. The Morgan fingerprint density at radius 3 is 2.52 bits per heavy atom. The molecule has 1 fully saturated rings. The molecule has 1 aliphatic rings. The van der Waals surface area contributed by atoms with Gasteiger partial charge in [0, 0.05) is 31.5 Å². The summed E-state index contributed by atoms with van der Waals surface area (Å²) in [5, 5.41) is 3.48. The molecule has 4 nitrogen and oxygen atoms in total. The van der Waals surface area contributed by atoms with E-state index in [1.807, 2.05) is 19.4 Å². The van der Waals surface area contributed by atoms with Crippen LogP contribution in [0.3, 0.4) is 0 Å². The lowest BCUT2D eigenvalue weighted by atomic mass is 10.1. The molecular weight excluding hydrogens is 260 g/mol. The molecule has 0 saturated heterocycles. The van der Waals surface area contributed by atoms with Crippen molar-refractivity contribution in [3.63, 3.8) is 0 Å². The topological polar surface area (TPSA) is 41.1 Å². The minimum Gasteiger partial charge on any atom is -0.328 e. The van der Waals surface area contributed by atoms with Crippen LogP contribution in [0.4, 0.5) is 11.5 Å². The van der Waals surface area contributed by atoms with E-state index in [4.69, 9.17) is 4.98 Å². The molecule has 110 valence electrons. The average Bonchev–Trinajstić information content (AvgIpc) is 3.28. The maximum Gasteiger partial charge on any atom is 0.151 e. The number of nitrogens with one attached hydrogen (secondary N) is 1. The second-order valence-corrected chi connectivity index (χ2v) is 5.93. The van der Waals surface area contributed by atoms with Crippen LogP contribution in [0.5, 0.6) is 0 Å². The number of rotatable bonds is 5. The van der Waals surface area contributed by atoms with Gasteiger partial charge in [-0.05, 0) is 49.9 Å². The van der Waals surface area contributed by atoms with Gasteiger partial charge in [0.15, 0.2) is 5.82 Å². The van der Waals surface area contributed by atoms with E-state index >= 15 is 0 Å². The van der Waals surface area contributed by atoms with Gasteiger partial charge in [-0.2, -0.15) is 0 Å². The summed E-state index contributed by atoms with van der Waals surface area (Å²) in [6.45, 7) is 5.03.